The highest BCUT2D eigenvalue weighted by Crippen LogP contribution is 2.19. The fourth-order valence-corrected chi connectivity index (χ4v) is 2.25. The second-order valence-electron chi connectivity index (χ2n) is 4.80. The van der Waals surface area contributed by atoms with Crippen LogP contribution in [0.1, 0.15) is 15.9 Å². The number of pyridine rings is 1. The van der Waals surface area contributed by atoms with E-state index < -0.39 is 0 Å². The van der Waals surface area contributed by atoms with Crippen molar-refractivity contribution < 1.29 is 14.3 Å². The van der Waals surface area contributed by atoms with Crippen molar-refractivity contribution in [3.63, 3.8) is 0 Å². The molecule has 0 amide bonds. The number of esters is 1. The maximum absolute atomic E-state index is 11.4. The van der Waals surface area contributed by atoms with E-state index in [4.69, 9.17) is 4.74 Å². The van der Waals surface area contributed by atoms with Crippen LogP contribution < -0.4 is 4.74 Å². The number of ether oxygens (including phenoxy) is 2. The molecule has 0 atom stereocenters. The number of aromatic nitrogens is 1. The van der Waals surface area contributed by atoms with E-state index in [-0.39, 0.29) is 5.97 Å². The molecule has 0 radical (unpaired) electrons. The number of hydrogen-bond acceptors (Lipinski definition) is 4. The predicted octanol–water partition coefficient (Wildman–Crippen LogP) is 3.60. The van der Waals surface area contributed by atoms with Crippen LogP contribution in [0.3, 0.4) is 0 Å². The fourth-order valence-electron chi connectivity index (χ4n) is 2.25. The zero-order valence-corrected chi connectivity index (χ0v) is 12.2. The maximum Gasteiger partial charge on any atom is 0.337 e. The lowest BCUT2D eigenvalue weighted by Gasteiger charge is -2.09. The maximum atomic E-state index is 11.4. The van der Waals surface area contributed by atoms with Crippen molar-refractivity contribution in [2.75, 3.05) is 7.11 Å². The van der Waals surface area contributed by atoms with Gasteiger partial charge in [0, 0.05) is 17.1 Å². The zero-order valence-electron chi connectivity index (χ0n) is 12.2. The quantitative estimate of drug-likeness (QED) is 0.690. The third-order valence-corrected chi connectivity index (χ3v) is 3.39. The van der Waals surface area contributed by atoms with E-state index in [1.807, 2.05) is 30.3 Å². The summed E-state index contributed by atoms with van der Waals surface area (Å²) in [5, 5.41) is 1.09. The van der Waals surface area contributed by atoms with Crippen molar-refractivity contribution >= 4 is 16.9 Å². The number of hydrogen-bond donors (Lipinski definition) is 0. The Morgan fingerprint density at radius 2 is 1.82 bits per heavy atom. The molecule has 22 heavy (non-hydrogen) atoms. The van der Waals surface area contributed by atoms with Gasteiger partial charge >= 0.3 is 5.97 Å². The summed E-state index contributed by atoms with van der Waals surface area (Å²) in [6.07, 6.45) is 1.77. The lowest BCUT2D eigenvalue weighted by Crippen LogP contribution is -2.01. The van der Waals surface area contributed by atoms with Crippen LogP contribution in [0.4, 0.5) is 0 Å². The minimum Gasteiger partial charge on any atom is -0.489 e. The molecule has 0 bridgehead atoms. The van der Waals surface area contributed by atoms with Crippen LogP contribution in [0.2, 0.25) is 0 Å². The second kappa shape index (κ2) is 6.26. The van der Waals surface area contributed by atoms with Gasteiger partial charge in [0.15, 0.2) is 0 Å². The van der Waals surface area contributed by atoms with Gasteiger partial charge in [0.1, 0.15) is 12.4 Å². The first-order valence-corrected chi connectivity index (χ1v) is 6.92. The van der Waals surface area contributed by atoms with Gasteiger partial charge in [0.2, 0.25) is 0 Å². The number of nitrogens with zero attached hydrogens (tertiary/aromatic N) is 1. The minimum atomic E-state index is -0.357. The Hall–Kier alpha value is -2.88. The lowest BCUT2D eigenvalue weighted by atomic mass is 10.1. The summed E-state index contributed by atoms with van der Waals surface area (Å²) in [5.41, 5.74) is 2.47. The smallest absolute Gasteiger partial charge is 0.337 e. The number of carbonyl (C=O) groups excluding carboxylic acids is 1. The molecule has 0 unspecified atom stereocenters. The number of para-hydroxylation sites is 1. The summed E-state index contributed by atoms with van der Waals surface area (Å²) >= 11 is 0. The predicted molar refractivity (Wildman–Crippen MR) is 83.9 cm³/mol. The number of benzene rings is 2. The number of rotatable bonds is 4. The lowest BCUT2D eigenvalue weighted by molar-refractivity contribution is 0.0600. The molecule has 0 spiro atoms. The molecular formula is C18H15NO3. The van der Waals surface area contributed by atoms with Crippen LogP contribution >= 0.6 is 0 Å². The standard InChI is InChI=1S/C18H15NO3/c1-21-18(20)14-7-9-16(10-8-14)22-12-15-5-2-4-13-6-3-11-19-17(13)15/h2-11H,12H2,1H3. The van der Waals surface area contributed by atoms with Crippen molar-refractivity contribution in [2.45, 2.75) is 6.61 Å². The van der Waals surface area contributed by atoms with E-state index in [2.05, 4.69) is 9.72 Å². The van der Waals surface area contributed by atoms with Gasteiger partial charge in [-0.2, -0.15) is 0 Å². The van der Waals surface area contributed by atoms with Gasteiger partial charge < -0.3 is 9.47 Å². The van der Waals surface area contributed by atoms with Crippen LogP contribution in [0.25, 0.3) is 10.9 Å². The molecule has 0 fully saturated rings. The monoisotopic (exact) mass is 293 g/mol. The molecule has 0 saturated carbocycles. The van der Waals surface area contributed by atoms with Crippen LogP contribution in [-0.4, -0.2) is 18.1 Å². The first kappa shape index (κ1) is 14.1. The Morgan fingerprint density at radius 1 is 1.05 bits per heavy atom. The number of carbonyl (C=O) groups is 1. The highest BCUT2D eigenvalue weighted by atomic mass is 16.5. The van der Waals surface area contributed by atoms with Gasteiger partial charge in [0.05, 0.1) is 18.2 Å². The molecule has 1 heterocycles. The molecule has 0 aliphatic carbocycles. The van der Waals surface area contributed by atoms with Crippen LogP contribution in [-0.2, 0) is 11.3 Å². The van der Waals surface area contributed by atoms with E-state index in [0.717, 1.165) is 16.5 Å². The first-order valence-electron chi connectivity index (χ1n) is 6.92. The fraction of sp³-hybridized carbons (Fsp3) is 0.111. The molecule has 0 aliphatic rings. The average Bonchev–Trinajstić information content (AvgIpc) is 2.59. The summed E-state index contributed by atoms with van der Waals surface area (Å²) < 4.78 is 10.4. The summed E-state index contributed by atoms with van der Waals surface area (Å²) in [6.45, 7) is 0.423. The average molecular weight is 293 g/mol. The summed E-state index contributed by atoms with van der Waals surface area (Å²) in [5.74, 6) is 0.338. The summed E-state index contributed by atoms with van der Waals surface area (Å²) in [6, 6.07) is 16.8. The SMILES string of the molecule is COC(=O)c1ccc(OCc2cccc3cccnc23)cc1. The minimum absolute atomic E-state index is 0.357. The molecule has 0 N–H and O–H groups in total. The third kappa shape index (κ3) is 2.91. The topological polar surface area (TPSA) is 48.4 Å². The molecule has 1 aromatic heterocycles. The molecule has 0 aliphatic heterocycles. The van der Waals surface area contributed by atoms with Crippen molar-refractivity contribution in [3.8, 4) is 5.75 Å². The van der Waals surface area contributed by atoms with Crippen molar-refractivity contribution in [1.29, 1.82) is 0 Å². The van der Waals surface area contributed by atoms with Gasteiger partial charge in [-0.15, -0.1) is 0 Å². The van der Waals surface area contributed by atoms with Gasteiger partial charge in [-0.05, 0) is 30.3 Å². The van der Waals surface area contributed by atoms with Crippen molar-refractivity contribution in [3.05, 3.63) is 71.9 Å². The van der Waals surface area contributed by atoms with E-state index in [0.29, 0.717) is 17.9 Å². The van der Waals surface area contributed by atoms with Gasteiger partial charge in [-0.3, -0.25) is 4.98 Å². The van der Waals surface area contributed by atoms with E-state index in [1.165, 1.54) is 7.11 Å². The van der Waals surface area contributed by atoms with E-state index in [1.54, 1.807) is 30.5 Å². The molecule has 4 heteroatoms. The molecule has 110 valence electrons. The molecule has 4 nitrogen and oxygen atoms in total. The van der Waals surface area contributed by atoms with Crippen LogP contribution in [0.15, 0.2) is 60.8 Å². The Bertz CT molecular complexity index is 792. The second-order valence-corrected chi connectivity index (χ2v) is 4.80. The normalized spacial score (nSPS) is 10.4. The summed E-state index contributed by atoms with van der Waals surface area (Å²) in [7, 11) is 1.36. The number of methoxy groups -OCH3 is 1. The molecule has 0 saturated heterocycles. The third-order valence-electron chi connectivity index (χ3n) is 3.39. The van der Waals surface area contributed by atoms with Gasteiger partial charge in [-0.1, -0.05) is 24.3 Å². The van der Waals surface area contributed by atoms with Crippen molar-refractivity contribution in [2.24, 2.45) is 0 Å². The van der Waals surface area contributed by atoms with Crippen LogP contribution in [0.5, 0.6) is 5.75 Å². The Kier molecular flexibility index (Phi) is 4.01. The zero-order chi connectivity index (χ0) is 15.4. The van der Waals surface area contributed by atoms with E-state index in [9.17, 15) is 4.79 Å². The highest BCUT2D eigenvalue weighted by molar-refractivity contribution is 5.89. The molecule has 3 aromatic rings. The number of fused-ring (bicyclic) bond motifs is 1. The Labute approximate surface area is 128 Å². The van der Waals surface area contributed by atoms with Gasteiger partial charge in [-0.25, -0.2) is 4.79 Å². The van der Waals surface area contributed by atoms with Crippen molar-refractivity contribution in [1.82, 2.24) is 4.98 Å². The first-order chi connectivity index (χ1) is 10.8. The Morgan fingerprint density at radius 3 is 2.59 bits per heavy atom. The van der Waals surface area contributed by atoms with Gasteiger partial charge in [0.25, 0.3) is 0 Å². The largest absolute Gasteiger partial charge is 0.489 e. The molecule has 2 aromatic carbocycles. The highest BCUT2D eigenvalue weighted by Gasteiger charge is 2.06. The molecular weight excluding hydrogens is 278 g/mol. The summed E-state index contributed by atoms with van der Waals surface area (Å²) in [4.78, 5) is 15.8. The van der Waals surface area contributed by atoms with E-state index >= 15 is 0 Å². The molecule has 3 rings (SSSR count). The van der Waals surface area contributed by atoms with Crippen LogP contribution in [0, 0.1) is 0 Å². The Balaban J connectivity index is 1.75.